The van der Waals surface area contributed by atoms with Crippen LogP contribution in [0.15, 0.2) is 30.5 Å². The molecule has 1 aromatic carbocycles. The van der Waals surface area contributed by atoms with Crippen LogP contribution in [0.3, 0.4) is 0 Å². The zero-order valence-electron chi connectivity index (χ0n) is 13.7. The van der Waals surface area contributed by atoms with E-state index in [2.05, 4.69) is 10.1 Å². The fourth-order valence-electron chi connectivity index (χ4n) is 2.66. The van der Waals surface area contributed by atoms with Crippen molar-refractivity contribution in [1.29, 1.82) is 0 Å². The van der Waals surface area contributed by atoms with Crippen molar-refractivity contribution in [3.05, 3.63) is 41.7 Å². The van der Waals surface area contributed by atoms with Gasteiger partial charge in [-0.15, -0.1) is 0 Å². The van der Waals surface area contributed by atoms with Gasteiger partial charge in [0.15, 0.2) is 11.5 Å². The second kappa shape index (κ2) is 6.19. The molecule has 0 fully saturated rings. The predicted molar refractivity (Wildman–Crippen MR) is 90.3 cm³/mol. The number of carbonyl (C=O) groups is 1. The van der Waals surface area contributed by atoms with E-state index in [1.54, 1.807) is 22.9 Å². The van der Waals surface area contributed by atoms with E-state index in [1.165, 1.54) is 13.3 Å². The lowest BCUT2D eigenvalue weighted by atomic mass is 10.1. The highest BCUT2D eigenvalue weighted by Crippen LogP contribution is 2.38. The van der Waals surface area contributed by atoms with Crippen LogP contribution in [0.4, 0.5) is 5.82 Å². The SMILES string of the molecule is CCc1nn(C)c2ccc(OC(=O)c3cccnc3N)c(OC)c12. The van der Waals surface area contributed by atoms with E-state index in [4.69, 9.17) is 15.2 Å². The number of carbonyl (C=O) groups excluding carboxylic acids is 1. The third-order valence-corrected chi connectivity index (χ3v) is 3.81. The second-order valence-electron chi connectivity index (χ2n) is 5.24. The van der Waals surface area contributed by atoms with E-state index < -0.39 is 5.97 Å². The van der Waals surface area contributed by atoms with Crippen molar-refractivity contribution in [2.45, 2.75) is 13.3 Å². The van der Waals surface area contributed by atoms with Crippen LogP contribution in [-0.2, 0) is 13.5 Å². The number of hydrogen-bond acceptors (Lipinski definition) is 6. The Morgan fingerprint density at radius 2 is 2.12 bits per heavy atom. The molecule has 0 spiro atoms. The molecule has 2 heterocycles. The van der Waals surface area contributed by atoms with Crippen LogP contribution >= 0.6 is 0 Å². The quantitative estimate of drug-likeness (QED) is 0.584. The minimum atomic E-state index is -0.583. The minimum Gasteiger partial charge on any atom is -0.492 e. The molecule has 0 saturated heterocycles. The van der Waals surface area contributed by atoms with E-state index in [1.807, 2.05) is 20.0 Å². The van der Waals surface area contributed by atoms with Crippen LogP contribution < -0.4 is 15.2 Å². The first-order valence-electron chi connectivity index (χ1n) is 7.52. The zero-order valence-corrected chi connectivity index (χ0v) is 13.7. The number of anilines is 1. The molecule has 2 aromatic heterocycles. The summed E-state index contributed by atoms with van der Waals surface area (Å²) in [5, 5.41) is 5.32. The topological polar surface area (TPSA) is 92.3 Å². The van der Waals surface area contributed by atoms with Gasteiger partial charge in [0.25, 0.3) is 0 Å². The van der Waals surface area contributed by atoms with E-state index in [-0.39, 0.29) is 11.4 Å². The Morgan fingerprint density at radius 1 is 1.33 bits per heavy atom. The molecule has 0 saturated carbocycles. The summed E-state index contributed by atoms with van der Waals surface area (Å²) in [6.45, 7) is 2.01. The molecular formula is C17H18N4O3. The lowest BCUT2D eigenvalue weighted by molar-refractivity contribution is 0.0731. The van der Waals surface area contributed by atoms with Crippen molar-refractivity contribution in [3.8, 4) is 11.5 Å². The van der Waals surface area contributed by atoms with Crippen LogP contribution in [-0.4, -0.2) is 27.8 Å². The van der Waals surface area contributed by atoms with E-state index >= 15 is 0 Å². The van der Waals surface area contributed by atoms with Gasteiger partial charge in [0, 0.05) is 13.2 Å². The number of benzene rings is 1. The fourth-order valence-corrected chi connectivity index (χ4v) is 2.66. The highest BCUT2D eigenvalue weighted by atomic mass is 16.6. The monoisotopic (exact) mass is 326 g/mol. The lowest BCUT2D eigenvalue weighted by Gasteiger charge is -2.11. The Labute approximate surface area is 139 Å². The molecule has 0 bridgehead atoms. The van der Waals surface area contributed by atoms with Gasteiger partial charge in [0.05, 0.1) is 23.7 Å². The van der Waals surface area contributed by atoms with Crippen LogP contribution in [0, 0.1) is 0 Å². The van der Waals surface area contributed by atoms with Crippen molar-refractivity contribution in [1.82, 2.24) is 14.8 Å². The number of rotatable bonds is 4. The number of nitrogens with two attached hydrogens (primary N) is 1. The molecule has 0 unspecified atom stereocenters. The van der Waals surface area contributed by atoms with Crippen LogP contribution in [0.5, 0.6) is 11.5 Å². The molecule has 0 radical (unpaired) electrons. The first kappa shape index (κ1) is 15.8. The van der Waals surface area contributed by atoms with Crippen molar-refractivity contribution in [3.63, 3.8) is 0 Å². The molecule has 3 aromatic rings. The fraction of sp³-hybridized carbons (Fsp3) is 0.235. The first-order valence-corrected chi connectivity index (χ1v) is 7.52. The van der Waals surface area contributed by atoms with Gasteiger partial charge in [-0.2, -0.15) is 5.10 Å². The molecule has 3 rings (SSSR count). The van der Waals surface area contributed by atoms with E-state index in [9.17, 15) is 4.79 Å². The van der Waals surface area contributed by atoms with Crippen LogP contribution in [0.2, 0.25) is 0 Å². The smallest absolute Gasteiger partial charge is 0.347 e. The van der Waals surface area contributed by atoms with Crippen LogP contribution in [0.25, 0.3) is 10.9 Å². The number of nitrogens with zero attached hydrogens (tertiary/aromatic N) is 3. The van der Waals surface area contributed by atoms with Crippen molar-refractivity contribution in [2.24, 2.45) is 7.05 Å². The molecule has 124 valence electrons. The summed E-state index contributed by atoms with van der Waals surface area (Å²) in [7, 11) is 3.40. The van der Waals surface area contributed by atoms with Gasteiger partial charge in [-0.05, 0) is 30.7 Å². The third-order valence-electron chi connectivity index (χ3n) is 3.81. The molecule has 7 nitrogen and oxygen atoms in total. The minimum absolute atomic E-state index is 0.123. The molecule has 0 aliphatic heterocycles. The normalized spacial score (nSPS) is 10.8. The predicted octanol–water partition coefficient (Wildman–Crippen LogP) is 2.34. The molecule has 0 aliphatic rings. The Morgan fingerprint density at radius 3 is 2.79 bits per heavy atom. The van der Waals surface area contributed by atoms with Gasteiger partial charge >= 0.3 is 5.97 Å². The zero-order chi connectivity index (χ0) is 17.3. The van der Waals surface area contributed by atoms with Gasteiger partial charge in [-0.1, -0.05) is 6.92 Å². The maximum Gasteiger partial charge on any atom is 0.347 e. The summed E-state index contributed by atoms with van der Waals surface area (Å²) < 4.78 is 12.8. The highest BCUT2D eigenvalue weighted by Gasteiger charge is 2.20. The summed E-state index contributed by atoms with van der Waals surface area (Å²) in [4.78, 5) is 16.3. The van der Waals surface area contributed by atoms with Gasteiger partial charge < -0.3 is 15.2 Å². The van der Waals surface area contributed by atoms with Crippen molar-refractivity contribution < 1.29 is 14.3 Å². The van der Waals surface area contributed by atoms with Gasteiger partial charge in [0.2, 0.25) is 0 Å². The number of aromatic nitrogens is 3. The number of esters is 1. The summed E-state index contributed by atoms with van der Waals surface area (Å²) in [6, 6.07) is 6.73. The highest BCUT2D eigenvalue weighted by molar-refractivity contribution is 5.97. The largest absolute Gasteiger partial charge is 0.492 e. The number of ether oxygens (including phenoxy) is 2. The molecule has 0 amide bonds. The summed E-state index contributed by atoms with van der Waals surface area (Å²) in [6.07, 6.45) is 2.25. The molecule has 24 heavy (non-hydrogen) atoms. The Balaban J connectivity index is 2.07. The number of hydrogen-bond donors (Lipinski definition) is 1. The van der Waals surface area contributed by atoms with Crippen LogP contribution in [0.1, 0.15) is 23.0 Å². The maximum absolute atomic E-state index is 12.4. The Bertz CT molecular complexity index is 918. The van der Waals surface area contributed by atoms with Gasteiger partial charge in [-0.25, -0.2) is 9.78 Å². The van der Waals surface area contributed by atoms with Gasteiger partial charge in [-0.3, -0.25) is 4.68 Å². The molecule has 2 N–H and O–H groups in total. The number of methoxy groups -OCH3 is 1. The third kappa shape index (κ3) is 2.54. The van der Waals surface area contributed by atoms with Gasteiger partial charge in [0.1, 0.15) is 11.4 Å². The standard InChI is InChI=1S/C17H18N4O3/c1-4-11-14-12(21(2)20-11)7-8-13(15(14)23-3)24-17(22)10-6-5-9-19-16(10)18/h5-9H,4H2,1-3H3,(H2,18,19). The molecule has 0 atom stereocenters. The molecule has 0 aliphatic carbocycles. The van der Waals surface area contributed by atoms with E-state index in [0.29, 0.717) is 11.5 Å². The number of nitrogen functional groups attached to an aromatic ring is 1. The summed E-state index contributed by atoms with van der Waals surface area (Å²) in [5.74, 6) is 0.340. The summed E-state index contributed by atoms with van der Waals surface area (Å²) >= 11 is 0. The number of fused-ring (bicyclic) bond motifs is 1. The van der Waals surface area contributed by atoms with Crippen molar-refractivity contribution >= 4 is 22.7 Å². The first-order chi connectivity index (χ1) is 11.6. The maximum atomic E-state index is 12.4. The number of pyridine rings is 1. The van der Waals surface area contributed by atoms with E-state index in [0.717, 1.165) is 23.0 Å². The summed E-state index contributed by atoms with van der Waals surface area (Å²) in [5.41, 5.74) is 7.72. The Hall–Kier alpha value is -3.09. The molecular weight excluding hydrogens is 308 g/mol. The average Bonchev–Trinajstić information content (AvgIpc) is 2.91. The lowest BCUT2D eigenvalue weighted by Crippen LogP contribution is -2.12. The number of aryl methyl sites for hydroxylation is 2. The second-order valence-corrected chi connectivity index (χ2v) is 5.24. The molecule has 7 heteroatoms. The average molecular weight is 326 g/mol. The van der Waals surface area contributed by atoms with Crippen molar-refractivity contribution in [2.75, 3.05) is 12.8 Å². The Kier molecular flexibility index (Phi) is 4.07.